The Bertz CT molecular complexity index is 1720. The van der Waals surface area contributed by atoms with Crippen molar-refractivity contribution in [2.75, 3.05) is 49.5 Å². The highest BCUT2D eigenvalue weighted by Gasteiger charge is 2.24. The molecule has 1 aromatic heterocycles. The largest absolute Gasteiger partial charge is 0.489 e. The van der Waals surface area contributed by atoms with Gasteiger partial charge >= 0.3 is 6.09 Å². The van der Waals surface area contributed by atoms with Gasteiger partial charge in [0.2, 0.25) is 5.95 Å². The zero-order chi connectivity index (χ0) is 34.4. The van der Waals surface area contributed by atoms with Gasteiger partial charge in [-0.15, -0.1) is 0 Å². The monoisotopic (exact) mass is 662 g/mol. The highest BCUT2D eigenvalue weighted by molar-refractivity contribution is 5.88. The quantitative estimate of drug-likeness (QED) is 0.181. The lowest BCUT2D eigenvalue weighted by molar-refractivity contribution is 0.0965. The Balaban J connectivity index is 1.29. The van der Waals surface area contributed by atoms with E-state index in [0.29, 0.717) is 30.6 Å². The first-order valence-corrected chi connectivity index (χ1v) is 16.0. The summed E-state index contributed by atoms with van der Waals surface area (Å²) in [6.45, 7) is 14.5. The Kier molecular flexibility index (Phi) is 11.2. The van der Waals surface area contributed by atoms with Crippen LogP contribution in [-0.4, -0.2) is 71.2 Å². The molecule has 3 aromatic carbocycles. The Morgan fingerprint density at radius 3 is 2.35 bits per heavy atom. The summed E-state index contributed by atoms with van der Waals surface area (Å²) in [5.41, 5.74) is 2.75. The van der Waals surface area contributed by atoms with Gasteiger partial charge < -0.3 is 14.8 Å². The molecule has 1 aliphatic heterocycles. The molecule has 0 saturated carbocycles. The topological polar surface area (TPSA) is 83.1 Å². The van der Waals surface area contributed by atoms with Crippen LogP contribution in [0.15, 0.2) is 60.8 Å². The molecule has 254 valence electrons. The third-order valence-electron chi connectivity index (χ3n) is 8.26. The van der Waals surface area contributed by atoms with E-state index in [0.717, 1.165) is 66.0 Å². The normalized spacial score (nSPS) is 13.9. The molecule has 12 heteroatoms. The minimum absolute atomic E-state index is 0.0429. The molecule has 0 atom stereocenters. The molecular formula is C36H41F3N6O3. The van der Waals surface area contributed by atoms with Crippen molar-refractivity contribution < 1.29 is 27.4 Å². The van der Waals surface area contributed by atoms with E-state index in [1.54, 1.807) is 6.07 Å². The van der Waals surface area contributed by atoms with Crippen molar-refractivity contribution in [2.45, 2.75) is 47.2 Å². The molecule has 5 rings (SSSR count). The summed E-state index contributed by atoms with van der Waals surface area (Å²) in [5, 5.41) is 2.94. The van der Waals surface area contributed by atoms with Crippen LogP contribution in [0, 0.1) is 38.2 Å². The predicted molar refractivity (Wildman–Crippen MR) is 180 cm³/mol. The maximum absolute atomic E-state index is 15.0. The number of halogens is 3. The molecule has 4 aromatic rings. The minimum atomic E-state index is -0.854. The summed E-state index contributed by atoms with van der Waals surface area (Å²) >= 11 is 0. The van der Waals surface area contributed by atoms with Gasteiger partial charge in [-0.3, -0.25) is 14.7 Å². The second-order valence-electron chi connectivity index (χ2n) is 12.2. The first kappa shape index (κ1) is 34.6. The number of benzene rings is 3. The molecule has 1 N–H and O–H groups in total. The van der Waals surface area contributed by atoms with Crippen LogP contribution in [0.25, 0.3) is 0 Å². The Labute approximate surface area is 279 Å². The predicted octanol–water partition coefficient (Wildman–Crippen LogP) is 7.17. The van der Waals surface area contributed by atoms with Gasteiger partial charge in [-0.05, 0) is 82.1 Å². The van der Waals surface area contributed by atoms with Gasteiger partial charge in [-0.1, -0.05) is 17.7 Å². The van der Waals surface area contributed by atoms with Crippen molar-refractivity contribution in [3.63, 3.8) is 0 Å². The van der Waals surface area contributed by atoms with Crippen LogP contribution in [-0.2, 0) is 6.54 Å². The van der Waals surface area contributed by atoms with Crippen LogP contribution in [0.4, 0.5) is 35.4 Å². The summed E-state index contributed by atoms with van der Waals surface area (Å²) in [6, 6.07) is 13.2. The molecule has 1 aliphatic rings. The lowest BCUT2D eigenvalue weighted by Gasteiger charge is -2.36. The van der Waals surface area contributed by atoms with Crippen LogP contribution in [0.3, 0.4) is 0 Å². The molecule has 48 heavy (non-hydrogen) atoms. The van der Waals surface area contributed by atoms with E-state index in [1.165, 1.54) is 24.4 Å². The Morgan fingerprint density at radius 1 is 0.938 bits per heavy atom. The highest BCUT2D eigenvalue weighted by atomic mass is 19.1. The van der Waals surface area contributed by atoms with Crippen LogP contribution >= 0.6 is 0 Å². The van der Waals surface area contributed by atoms with Gasteiger partial charge in [-0.25, -0.2) is 22.9 Å². The zero-order valence-electron chi connectivity index (χ0n) is 27.9. The lowest BCUT2D eigenvalue weighted by atomic mass is 10.1. The van der Waals surface area contributed by atoms with E-state index >= 15 is 4.39 Å². The summed E-state index contributed by atoms with van der Waals surface area (Å²) in [6.07, 6.45) is 0.539. The first-order chi connectivity index (χ1) is 23.0. The van der Waals surface area contributed by atoms with Crippen LogP contribution < -0.4 is 19.7 Å². The maximum atomic E-state index is 15.0. The number of piperazine rings is 1. The van der Waals surface area contributed by atoms with Crippen LogP contribution in [0.1, 0.15) is 36.1 Å². The van der Waals surface area contributed by atoms with E-state index in [9.17, 15) is 13.6 Å². The highest BCUT2D eigenvalue weighted by Crippen LogP contribution is 2.28. The fraction of sp³-hybridized carbons (Fsp3) is 0.361. The fourth-order valence-corrected chi connectivity index (χ4v) is 5.72. The number of carbonyl (C=O) groups excluding carboxylic acids is 1. The fourth-order valence-electron chi connectivity index (χ4n) is 5.72. The SMILES string of the molecule is Cc1cc(C)c(OC(=O)N(Cc2cc(F)ccc2F)c2ccnc(Nc3ccc(OCCN4CCN(C(C)C)CC4)c(F)c3)n2)c(C)c1. The van der Waals surface area contributed by atoms with Crippen molar-refractivity contribution in [3.05, 3.63) is 100 Å². The number of ether oxygens (including phenoxy) is 2. The maximum Gasteiger partial charge on any atom is 0.421 e. The number of rotatable bonds is 11. The van der Waals surface area contributed by atoms with E-state index in [1.807, 2.05) is 32.9 Å². The molecule has 9 nitrogen and oxygen atoms in total. The number of aromatic nitrogens is 2. The number of amides is 1. The molecule has 1 fully saturated rings. The third kappa shape index (κ3) is 8.81. The molecule has 1 saturated heterocycles. The van der Waals surface area contributed by atoms with Gasteiger partial charge in [-0.2, -0.15) is 4.98 Å². The van der Waals surface area contributed by atoms with Gasteiger partial charge in [0, 0.05) is 62.3 Å². The molecular weight excluding hydrogens is 621 g/mol. The summed E-state index contributed by atoms with van der Waals surface area (Å²) in [4.78, 5) is 28.1. The average molecular weight is 663 g/mol. The van der Waals surface area contributed by atoms with Gasteiger partial charge in [0.15, 0.2) is 11.6 Å². The van der Waals surface area contributed by atoms with Crippen LogP contribution in [0.5, 0.6) is 11.5 Å². The van der Waals surface area contributed by atoms with Crippen molar-refractivity contribution in [1.82, 2.24) is 19.8 Å². The van der Waals surface area contributed by atoms with E-state index in [2.05, 4.69) is 38.9 Å². The zero-order valence-corrected chi connectivity index (χ0v) is 27.9. The lowest BCUT2D eigenvalue weighted by Crippen LogP contribution is -2.49. The molecule has 0 aliphatic carbocycles. The number of nitrogens with zero attached hydrogens (tertiary/aromatic N) is 5. The second kappa shape index (κ2) is 15.5. The summed E-state index contributed by atoms with van der Waals surface area (Å²) < 4.78 is 55.3. The van der Waals surface area contributed by atoms with Crippen molar-refractivity contribution >= 4 is 23.5 Å². The first-order valence-electron chi connectivity index (χ1n) is 16.0. The summed E-state index contributed by atoms with van der Waals surface area (Å²) in [7, 11) is 0. The van der Waals surface area contributed by atoms with Gasteiger partial charge in [0.1, 0.15) is 29.8 Å². The molecule has 0 bridgehead atoms. The average Bonchev–Trinajstić information content (AvgIpc) is 3.04. The van der Waals surface area contributed by atoms with Gasteiger partial charge in [0.05, 0.1) is 6.54 Å². The van der Waals surface area contributed by atoms with Crippen molar-refractivity contribution in [2.24, 2.45) is 0 Å². The standard InChI is InChI=1S/C36H41F3N6O3/c1-23(2)44-14-12-43(13-15-44)16-17-47-32-9-7-29(21-31(32)39)41-35-40-11-10-33(42-35)45(22-27-20-28(37)6-8-30(27)38)36(46)48-34-25(4)18-24(3)19-26(34)5/h6-11,18-21,23H,12-17,22H2,1-5H3,(H,40,41,42). The van der Waals surface area contributed by atoms with Gasteiger partial charge in [0.25, 0.3) is 0 Å². The van der Waals surface area contributed by atoms with E-state index in [4.69, 9.17) is 9.47 Å². The Morgan fingerprint density at radius 2 is 1.67 bits per heavy atom. The number of hydrogen-bond acceptors (Lipinski definition) is 8. The second-order valence-corrected chi connectivity index (χ2v) is 12.2. The van der Waals surface area contributed by atoms with Crippen molar-refractivity contribution in [3.8, 4) is 11.5 Å². The van der Waals surface area contributed by atoms with E-state index in [-0.39, 0.29) is 29.6 Å². The van der Waals surface area contributed by atoms with Crippen molar-refractivity contribution in [1.29, 1.82) is 0 Å². The smallest absolute Gasteiger partial charge is 0.421 e. The molecule has 0 spiro atoms. The van der Waals surface area contributed by atoms with Crippen LogP contribution in [0.2, 0.25) is 0 Å². The molecule has 2 heterocycles. The minimum Gasteiger partial charge on any atom is -0.489 e. The number of hydrogen-bond donors (Lipinski definition) is 1. The molecule has 0 unspecified atom stereocenters. The Hall–Kier alpha value is -4.68. The number of aryl methyl sites for hydroxylation is 3. The number of carbonyl (C=O) groups is 1. The molecule has 0 radical (unpaired) electrons. The number of anilines is 3. The molecule has 1 amide bonds. The third-order valence-corrected chi connectivity index (χ3v) is 8.26. The summed E-state index contributed by atoms with van der Waals surface area (Å²) in [5.74, 6) is -1.33. The van der Waals surface area contributed by atoms with E-state index < -0.39 is 23.5 Å². The number of nitrogens with one attached hydrogen (secondary N) is 1.